The van der Waals surface area contributed by atoms with E-state index in [0.29, 0.717) is 0 Å². The molecule has 0 saturated carbocycles. The number of rotatable bonds is 6. The summed E-state index contributed by atoms with van der Waals surface area (Å²) in [6.07, 6.45) is 0. The van der Waals surface area contributed by atoms with Gasteiger partial charge in [-0.2, -0.15) is 0 Å². The summed E-state index contributed by atoms with van der Waals surface area (Å²) in [6, 6.07) is 6.60. The molecule has 25 heavy (non-hydrogen) atoms. The maximum Gasteiger partial charge on any atom is 0.242 e. The Hall–Kier alpha value is -1.25. The minimum absolute atomic E-state index is 0.0197. The van der Waals surface area contributed by atoms with Crippen LogP contribution in [0.2, 0.25) is 10.0 Å². The number of sulfonamides is 1. The molecular formula is C16H16Cl2F2N2O2S. The molecule has 2 aromatic carbocycles. The second-order valence-corrected chi connectivity index (χ2v) is 8.15. The molecular weight excluding hydrogens is 393 g/mol. The standard InChI is InChI=1S/C16H16Cl2F2N2O2S/c1-22(2)15(12-5-4-11(19)8-14(12)20)9-21-25(23,24)16-7-10(17)3-6-13(16)18/h3-8,15,21H,9H2,1-2H3. The molecule has 0 aliphatic heterocycles. The smallest absolute Gasteiger partial charge is 0.242 e. The van der Waals surface area contributed by atoms with E-state index in [1.807, 2.05) is 0 Å². The Labute approximate surface area is 155 Å². The van der Waals surface area contributed by atoms with Crippen LogP contribution in [0.3, 0.4) is 0 Å². The molecule has 136 valence electrons. The van der Waals surface area contributed by atoms with E-state index >= 15 is 0 Å². The first-order chi connectivity index (χ1) is 11.6. The van der Waals surface area contributed by atoms with Crippen molar-refractivity contribution in [2.24, 2.45) is 0 Å². The van der Waals surface area contributed by atoms with Gasteiger partial charge in [0, 0.05) is 23.2 Å². The average Bonchev–Trinajstić information content (AvgIpc) is 2.51. The Kier molecular flexibility index (Phi) is 6.40. The highest BCUT2D eigenvalue weighted by Crippen LogP contribution is 2.26. The molecule has 0 fully saturated rings. The van der Waals surface area contributed by atoms with Gasteiger partial charge >= 0.3 is 0 Å². The summed E-state index contributed by atoms with van der Waals surface area (Å²) < 4.78 is 54.5. The third-order valence-electron chi connectivity index (χ3n) is 3.59. The van der Waals surface area contributed by atoms with Gasteiger partial charge in [-0.05, 0) is 38.4 Å². The first-order valence-corrected chi connectivity index (χ1v) is 9.42. The van der Waals surface area contributed by atoms with Crippen LogP contribution in [0, 0.1) is 11.6 Å². The Morgan fingerprint density at radius 2 is 1.80 bits per heavy atom. The zero-order valence-electron chi connectivity index (χ0n) is 13.4. The molecule has 1 atom stereocenters. The van der Waals surface area contributed by atoms with Crippen molar-refractivity contribution >= 4 is 33.2 Å². The lowest BCUT2D eigenvalue weighted by molar-refractivity contribution is 0.291. The molecule has 9 heteroatoms. The first-order valence-electron chi connectivity index (χ1n) is 7.18. The highest BCUT2D eigenvalue weighted by Gasteiger charge is 2.24. The van der Waals surface area contributed by atoms with Gasteiger partial charge in [-0.3, -0.25) is 0 Å². The summed E-state index contributed by atoms with van der Waals surface area (Å²) in [5.41, 5.74) is 0.172. The largest absolute Gasteiger partial charge is 0.301 e. The molecule has 0 aliphatic rings. The quantitative estimate of drug-likeness (QED) is 0.789. The maximum absolute atomic E-state index is 14.0. The first kappa shape index (κ1) is 20.1. The van der Waals surface area contributed by atoms with Crippen LogP contribution < -0.4 is 4.72 Å². The summed E-state index contributed by atoms with van der Waals surface area (Å²) in [7, 11) is -0.639. The van der Waals surface area contributed by atoms with Crippen molar-refractivity contribution in [3.63, 3.8) is 0 Å². The van der Waals surface area contributed by atoms with Crippen LogP contribution in [0.5, 0.6) is 0 Å². The number of likely N-dealkylation sites (N-methyl/N-ethyl adjacent to an activating group) is 1. The lowest BCUT2D eigenvalue weighted by Gasteiger charge is -2.25. The van der Waals surface area contributed by atoms with Gasteiger partial charge in [0.1, 0.15) is 16.5 Å². The predicted molar refractivity (Wildman–Crippen MR) is 94.4 cm³/mol. The van der Waals surface area contributed by atoms with Crippen molar-refractivity contribution in [3.8, 4) is 0 Å². The highest BCUT2D eigenvalue weighted by atomic mass is 35.5. The van der Waals surface area contributed by atoms with Gasteiger partial charge < -0.3 is 4.90 Å². The van der Waals surface area contributed by atoms with E-state index in [0.717, 1.165) is 12.1 Å². The zero-order chi connectivity index (χ0) is 18.8. The van der Waals surface area contributed by atoms with Gasteiger partial charge in [0.05, 0.1) is 11.1 Å². The van der Waals surface area contributed by atoms with E-state index in [1.165, 1.54) is 24.3 Å². The molecule has 0 radical (unpaired) electrons. The van der Waals surface area contributed by atoms with Crippen molar-refractivity contribution in [2.75, 3.05) is 20.6 Å². The van der Waals surface area contributed by atoms with Crippen LogP contribution in [0.1, 0.15) is 11.6 Å². The number of nitrogens with zero attached hydrogens (tertiary/aromatic N) is 1. The van der Waals surface area contributed by atoms with Gasteiger partial charge in [0.25, 0.3) is 0 Å². The molecule has 0 bridgehead atoms. The molecule has 0 aliphatic carbocycles. The monoisotopic (exact) mass is 408 g/mol. The van der Waals surface area contributed by atoms with Crippen molar-refractivity contribution < 1.29 is 17.2 Å². The van der Waals surface area contributed by atoms with Gasteiger partial charge in [0.15, 0.2) is 0 Å². The minimum Gasteiger partial charge on any atom is -0.301 e. The normalized spacial score (nSPS) is 13.2. The van der Waals surface area contributed by atoms with Crippen molar-refractivity contribution in [1.82, 2.24) is 9.62 Å². The third kappa shape index (κ3) is 4.89. The Balaban J connectivity index is 2.28. The second kappa shape index (κ2) is 7.97. The van der Waals surface area contributed by atoms with Gasteiger partial charge in [0.2, 0.25) is 10.0 Å². The molecule has 0 saturated heterocycles. The molecule has 0 spiro atoms. The van der Waals surface area contributed by atoms with E-state index in [2.05, 4.69) is 4.72 Å². The fraction of sp³-hybridized carbons (Fsp3) is 0.250. The van der Waals surface area contributed by atoms with E-state index in [1.54, 1.807) is 19.0 Å². The number of halogens is 4. The predicted octanol–water partition coefficient (Wildman–Crippen LogP) is 3.85. The van der Waals surface area contributed by atoms with E-state index in [9.17, 15) is 17.2 Å². The Bertz CT molecular complexity index is 876. The lowest BCUT2D eigenvalue weighted by Crippen LogP contribution is -2.35. The van der Waals surface area contributed by atoms with Crippen molar-refractivity contribution in [3.05, 3.63) is 63.6 Å². The lowest BCUT2D eigenvalue weighted by atomic mass is 10.1. The average molecular weight is 409 g/mol. The topological polar surface area (TPSA) is 49.4 Å². The van der Waals surface area contributed by atoms with E-state index in [-0.39, 0.29) is 27.0 Å². The third-order valence-corrected chi connectivity index (χ3v) is 5.73. The van der Waals surface area contributed by atoms with Crippen molar-refractivity contribution in [1.29, 1.82) is 0 Å². The van der Waals surface area contributed by atoms with Crippen LogP contribution in [-0.2, 0) is 10.0 Å². The SMILES string of the molecule is CN(C)C(CNS(=O)(=O)c1cc(Cl)ccc1Cl)c1ccc(F)cc1F. The summed E-state index contributed by atoms with van der Waals surface area (Å²) in [6.45, 7) is -0.138. The van der Waals surface area contributed by atoms with Crippen LogP contribution in [0.4, 0.5) is 8.78 Å². The molecule has 0 heterocycles. The number of hydrogen-bond acceptors (Lipinski definition) is 3. The Morgan fingerprint density at radius 1 is 1.12 bits per heavy atom. The summed E-state index contributed by atoms with van der Waals surface area (Å²) in [5, 5.41) is 0.241. The zero-order valence-corrected chi connectivity index (χ0v) is 15.8. The van der Waals surface area contributed by atoms with Crippen molar-refractivity contribution in [2.45, 2.75) is 10.9 Å². The molecule has 2 rings (SSSR count). The summed E-state index contributed by atoms with van der Waals surface area (Å²) in [5.74, 6) is -1.45. The number of hydrogen-bond donors (Lipinski definition) is 1. The van der Waals surface area contributed by atoms with Crippen LogP contribution in [0.25, 0.3) is 0 Å². The Morgan fingerprint density at radius 3 is 2.40 bits per heavy atom. The highest BCUT2D eigenvalue weighted by molar-refractivity contribution is 7.89. The molecule has 4 nitrogen and oxygen atoms in total. The second-order valence-electron chi connectivity index (χ2n) is 5.57. The minimum atomic E-state index is -3.96. The summed E-state index contributed by atoms with van der Waals surface area (Å²) >= 11 is 11.8. The summed E-state index contributed by atoms with van der Waals surface area (Å²) in [4.78, 5) is 1.46. The molecule has 0 aromatic heterocycles. The van der Waals surface area contributed by atoms with E-state index in [4.69, 9.17) is 23.2 Å². The van der Waals surface area contributed by atoms with Gasteiger partial charge in [-0.1, -0.05) is 29.3 Å². The van der Waals surface area contributed by atoms with Crippen LogP contribution >= 0.6 is 23.2 Å². The molecule has 1 N–H and O–H groups in total. The van der Waals surface area contributed by atoms with Crippen LogP contribution in [0.15, 0.2) is 41.3 Å². The van der Waals surface area contributed by atoms with Gasteiger partial charge in [-0.15, -0.1) is 0 Å². The molecule has 2 aromatic rings. The van der Waals surface area contributed by atoms with Gasteiger partial charge in [-0.25, -0.2) is 21.9 Å². The maximum atomic E-state index is 14.0. The van der Waals surface area contributed by atoms with Crippen LogP contribution in [-0.4, -0.2) is 34.0 Å². The fourth-order valence-electron chi connectivity index (χ4n) is 2.29. The molecule has 1 unspecified atom stereocenters. The molecule has 0 amide bonds. The fourth-order valence-corrected chi connectivity index (χ4v) is 4.09. The van der Waals surface area contributed by atoms with E-state index < -0.39 is 27.7 Å². The number of nitrogens with one attached hydrogen (secondary N) is 1. The number of benzene rings is 2.